The summed E-state index contributed by atoms with van der Waals surface area (Å²) in [5.41, 5.74) is 1.38. The Hall–Kier alpha value is -1.07. The first-order valence-electron chi connectivity index (χ1n) is 7.72. The summed E-state index contributed by atoms with van der Waals surface area (Å²) in [6, 6.07) is 0.229. The van der Waals surface area contributed by atoms with Crippen LogP contribution in [-0.2, 0) is 4.74 Å². The van der Waals surface area contributed by atoms with E-state index in [-0.39, 0.29) is 18.7 Å². The zero-order chi connectivity index (χ0) is 14.2. The Bertz CT molecular complexity index is 342. The van der Waals surface area contributed by atoms with Crippen LogP contribution in [0.3, 0.4) is 0 Å². The highest BCUT2D eigenvalue weighted by Gasteiger charge is 2.25. The molecule has 0 saturated carbocycles. The van der Waals surface area contributed by atoms with Crippen molar-refractivity contribution in [3.8, 4) is 0 Å². The Morgan fingerprint density at radius 3 is 3.15 bits per heavy atom. The van der Waals surface area contributed by atoms with Crippen LogP contribution in [0.2, 0.25) is 0 Å². The standard InChI is InChI=1S/C15H26N2O3/c18-10-5-14-3-1-2-9-17(14)15(19)16-8-4-13-6-11-20-12-7-13/h6,14,18H,1-5,7-12H2,(H,16,19)/t14-/m0/s1. The van der Waals surface area contributed by atoms with E-state index in [1.165, 1.54) is 5.57 Å². The van der Waals surface area contributed by atoms with Gasteiger partial charge in [0.15, 0.2) is 0 Å². The molecule has 0 aliphatic carbocycles. The van der Waals surface area contributed by atoms with E-state index in [0.717, 1.165) is 45.3 Å². The van der Waals surface area contributed by atoms with Gasteiger partial charge in [0.2, 0.25) is 0 Å². The van der Waals surface area contributed by atoms with Crippen molar-refractivity contribution in [3.05, 3.63) is 11.6 Å². The summed E-state index contributed by atoms with van der Waals surface area (Å²) in [7, 11) is 0. The molecule has 5 heteroatoms. The molecule has 0 aromatic carbocycles. The van der Waals surface area contributed by atoms with Crippen LogP contribution in [0, 0.1) is 0 Å². The van der Waals surface area contributed by atoms with Gasteiger partial charge in [-0.1, -0.05) is 11.6 Å². The lowest BCUT2D eigenvalue weighted by Crippen LogP contribution is -2.49. The Morgan fingerprint density at radius 2 is 2.40 bits per heavy atom. The first-order valence-corrected chi connectivity index (χ1v) is 7.72. The fourth-order valence-corrected chi connectivity index (χ4v) is 2.94. The number of hydrogen-bond acceptors (Lipinski definition) is 3. The molecule has 0 aromatic heterocycles. The molecule has 0 radical (unpaired) electrons. The third-order valence-electron chi connectivity index (χ3n) is 4.13. The van der Waals surface area contributed by atoms with E-state index in [9.17, 15) is 4.79 Å². The topological polar surface area (TPSA) is 61.8 Å². The van der Waals surface area contributed by atoms with Crippen LogP contribution in [0.25, 0.3) is 0 Å². The molecular weight excluding hydrogens is 256 g/mol. The van der Waals surface area contributed by atoms with Gasteiger partial charge in [-0.3, -0.25) is 0 Å². The number of carbonyl (C=O) groups is 1. The summed E-state index contributed by atoms with van der Waals surface area (Å²) in [6.07, 6.45) is 7.93. The van der Waals surface area contributed by atoms with Gasteiger partial charge < -0.3 is 20.1 Å². The van der Waals surface area contributed by atoms with Gasteiger partial charge in [0.25, 0.3) is 0 Å². The Morgan fingerprint density at radius 1 is 1.50 bits per heavy atom. The van der Waals surface area contributed by atoms with Crippen LogP contribution in [0.15, 0.2) is 11.6 Å². The van der Waals surface area contributed by atoms with Crippen LogP contribution < -0.4 is 5.32 Å². The van der Waals surface area contributed by atoms with Gasteiger partial charge in [-0.05, 0) is 38.5 Å². The van der Waals surface area contributed by atoms with Gasteiger partial charge in [0.05, 0.1) is 13.2 Å². The number of piperidine rings is 1. The Kier molecular flexibility index (Phi) is 6.33. The minimum absolute atomic E-state index is 0.0239. The highest BCUT2D eigenvalue weighted by Crippen LogP contribution is 2.19. The molecule has 2 amide bonds. The van der Waals surface area contributed by atoms with Crippen molar-refractivity contribution in [3.63, 3.8) is 0 Å². The zero-order valence-corrected chi connectivity index (χ0v) is 12.1. The highest BCUT2D eigenvalue weighted by atomic mass is 16.5. The van der Waals surface area contributed by atoms with E-state index < -0.39 is 0 Å². The number of nitrogens with one attached hydrogen (secondary N) is 1. The predicted octanol–water partition coefficient (Wildman–Crippen LogP) is 1.67. The first kappa shape index (κ1) is 15.3. The van der Waals surface area contributed by atoms with Crippen molar-refractivity contribution in [2.75, 3.05) is 32.9 Å². The number of carbonyl (C=O) groups excluding carboxylic acids is 1. The predicted molar refractivity (Wildman–Crippen MR) is 77.6 cm³/mol. The fraction of sp³-hybridized carbons (Fsp3) is 0.800. The second-order valence-electron chi connectivity index (χ2n) is 5.52. The van der Waals surface area contributed by atoms with Crippen molar-refractivity contribution >= 4 is 6.03 Å². The molecule has 2 aliphatic heterocycles. The first-order chi connectivity index (χ1) is 9.81. The number of ether oxygens (including phenoxy) is 1. The van der Waals surface area contributed by atoms with Gasteiger partial charge in [-0.2, -0.15) is 0 Å². The van der Waals surface area contributed by atoms with Crippen molar-refractivity contribution in [2.24, 2.45) is 0 Å². The molecule has 1 fully saturated rings. The van der Waals surface area contributed by atoms with E-state index in [1.54, 1.807) is 0 Å². The highest BCUT2D eigenvalue weighted by molar-refractivity contribution is 5.74. The monoisotopic (exact) mass is 282 g/mol. The molecule has 0 aromatic rings. The molecule has 2 N–H and O–H groups in total. The van der Waals surface area contributed by atoms with Gasteiger partial charge in [-0.15, -0.1) is 0 Å². The second kappa shape index (κ2) is 8.27. The van der Waals surface area contributed by atoms with Crippen molar-refractivity contribution in [2.45, 2.75) is 44.6 Å². The summed E-state index contributed by atoms with van der Waals surface area (Å²) in [6.45, 7) is 3.15. The fourth-order valence-electron chi connectivity index (χ4n) is 2.94. The summed E-state index contributed by atoms with van der Waals surface area (Å²) in [5, 5.41) is 12.1. The van der Waals surface area contributed by atoms with E-state index >= 15 is 0 Å². The number of amides is 2. The summed E-state index contributed by atoms with van der Waals surface area (Å²) in [5.74, 6) is 0. The van der Waals surface area contributed by atoms with E-state index in [0.29, 0.717) is 19.6 Å². The number of nitrogens with zero attached hydrogens (tertiary/aromatic N) is 1. The smallest absolute Gasteiger partial charge is 0.317 e. The van der Waals surface area contributed by atoms with E-state index in [1.807, 2.05) is 4.90 Å². The van der Waals surface area contributed by atoms with Crippen molar-refractivity contribution in [1.82, 2.24) is 10.2 Å². The average Bonchev–Trinajstić information content (AvgIpc) is 2.49. The normalized spacial score (nSPS) is 23.4. The number of likely N-dealkylation sites (tertiary alicyclic amines) is 1. The van der Waals surface area contributed by atoms with Gasteiger partial charge in [-0.25, -0.2) is 4.79 Å². The van der Waals surface area contributed by atoms with Crippen LogP contribution in [0.1, 0.15) is 38.5 Å². The van der Waals surface area contributed by atoms with Gasteiger partial charge >= 0.3 is 6.03 Å². The lowest BCUT2D eigenvalue weighted by molar-refractivity contribution is 0.132. The number of rotatable bonds is 5. The maximum Gasteiger partial charge on any atom is 0.317 e. The minimum atomic E-state index is 0.0239. The molecule has 0 bridgehead atoms. The Balaban J connectivity index is 1.73. The Labute approximate surface area is 121 Å². The molecule has 20 heavy (non-hydrogen) atoms. The zero-order valence-electron chi connectivity index (χ0n) is 12.1. The molecular formula is C15H26N2O3. The molecule has 2 rings (SSSR count). The maximum atomic E-state index is 12.2. The number of aliphatic hydroxyl groups excluding tert-OH is 1. The lowest BCUT2D eigenvalue weighted by Gasteiger charge is -2.35. The molecule has 5 nitrogen and oxygen atoms in total. The largest absolute Gasteiger partial charge is 0.396 e. The van der Waals surface area contributed by atoms with Crippen LogP contribution in [-0.4, -0.2) is 55.0 Å². The van der Waals surface area contributed by atoms with Gasteiger partial charge in [0, 0.05) is 25.7 Å². The molecule has 1 saturated heterocycles. The number of hydrogen-bond donors (Lipinski definition) is 2. The van der Waals surface area contributed by atoms with Crippen LogP contribution in [0.4, 0.5) is 4.79 Å². The lowest BCUT2D eigenvalue weighted by atomic mass is 10.00. The number of urea groups is 1. The third-order valence-corrected chi connectivity index (χ3v) is 4.13. The van der Waals surface area contributed by atoms with Crippen molar-refractivity contribution < 1.29 is 14.6 Å². The summed E-state index contributed by atoms with van der Waals surface area (Å²) >= 11 is 0. The van der Waals surface area contributed by atoms with Crippen molar-refractivity contribution in [1.29, 1.82) is 0 Å². The maximum absolute atomic E-state index is 12.2. The molecule has 1 atom stereocenters. The SMILES string of the molecule is O=C(NCCC1=CCOCC1)N1CCCC[C@H]1CCO. The van der Waals surface area contributed by atoms with Gasteiger partial charge in [0.1, 0.15) is 0 Å². The molecule has 2 aliphatic rings. The minimum Gasteiger partial charge on any atom is -0.396 e. The van der Waals surface area contributed by atoms with E-state index in [2.05, 4.69) is 11.4 Å². The summed E-state index contributed by atoms with van der Waals surface area (Å²) < 4.78 is 5.27. The quantitative estimate of drug-likeness (QED) is 0.754. The molecule has 2 heterocycles. The molecule has 0 spiro atoms. The second-order valence-corrected chi connectivity index (χ2v) is 5.52. The van der Waals surface area contributed by atoms with Crippen LogP contribution in [0.5, 0.6) is 0 Å². The average molecular weight is 282 g/mol. The van der Waals surface area contributed by atoms with E-state index in [4.69, 9.17) is 9.84 Å². The third kappa shape index (κ3) is 4.49. The number of aliphatic hydroxyl groups is 1. The molecule has 0 unspecified atom stereocenters. The van der Waals surface area contributed by atoms with Crippen LogP contribution >= 0.6 is 0 Å². The summed E-state index contributed by atoms with van der Waals surface area (Å²) in [4.78, 5) is 14.1. The molecule has 114 valence electrons.